The minimum absolute atomic E-state index is 0.111. The molecule has 4 rings (SSSR count). The molecule has 0 radical (unpaired) electrons. The summed E-state index contributed by atoms with van der Waals surface area (Å²) in [6.45, 7) is 4.16. The van der Waals surface area contributed by atoms with Crippen LogP contribution in [0.3, 0.4) is 0 Å². The first-order valence-corrected chi connectivity index (χ1v) is 13.9. The number of amides is 4. The summed E-state index contributed by atoms with van der Waals surface area (Å²) in [5, 5.41) is 5.68. The lowest BCUT2D eigenvalue weighted by Crippen LogP contribution is -2.54. The lowest BCUT2D eigenvalue weighted by atomic mass is 10.0. The van der Waals surface area contributed by atoms with E-state index in [2.05, 4.69) is 16.1 Å². The van der Waals surface area contributed by atoms with Gasteiger partial charge in [-0.25, -0.2) is 0 Å². The standard InChI is InChI=1S/C22H32N6O3.C8H9NO/c1-3-13(2)9-19(29)27-17-8-7-14-5-4-6-15-10-18(28(20(14)15)22(17)31)21(30)25-11-16(23)12-26-24;9-8(10)6-7-4-2-1-3-5-7/h4-6,12-13,17-18,26H,3,7-11,23-24H2,1-2H3,(H,25,30)(H,27,29);1-5H,6H2,(H2,9,10)/b16-12-;. The Morgan fingerprint density at radius 2 is 1.78 bits per heavy atom. The van der Waals surface area contributed by atoms with Gasteiger partial charge in [0.2, 0.25) is 23.6 Å². The largest absolute Gasteiger partial charge is 0.399 e. The molecule has 0 spiro atoms. The second-order valence-electron chi connectivity index (χ2n) is 10.5. The highest BCUT2D eigenvalue weighted by atomic mass is 16.2. The maximum atomic E-state index is 13.5. The first kappa shape index (κ1) is 31.2. The molecule has 3 unspecified atom stereocenters. The number of benzene rings is 2. The number of hydrogen-bond donors (Lipinski definition) is 6. The molecular weight excluding hydrogens is 522 g/mol. The van der Waals surface area contributed by atoms with Crippen LogP contribution in [0.5, 0.6) is 0 Å². The van der Waals surface area contributed by atoms with Gasteiger partial charge in [0.05, 0.1) is 18.7 Å². The van der Waals surface area contributed by atoms with Crippen molar-refractivity contribution in [2.45, 2.75) is 64.5 Å². The third-order valence-electron chi connectivity index (χ3n) is 7.23. The van der Waals surface area contributed by atoms with Gasteiger partial charge in [-0.2, -0.15) is 0 Å². The molecule has 0 aliphatic carbocycles. The molecule has 4 amide bonds. The number of rotatable bonds is 10. The number of hydrazine groups is 1. The van der Waals surface area contributed by atoms with Gasteiger partial charge in [0, 0.05) is 24.7 Å². The molecule has 2 aromatic rings. The Bertz CT molecular complexity index is 1260. The summed E-state index contributed by atoms with van der Waals surface area (Å²) >= 11 is 0. The lowest BCUT2D eigenvalue weighted by molar-refractivity contribution is -0.129. The molecule has 11 heteroatoms. The van der Waals surface area contributed by atoms with Crippen LogP contribution in [-0.2, 0) is 38.4 Å². The zero-order chi connectivity index (χ0) is 29.9. The number of carbonyl (C=O) groups is 4. The number of nitrogens with zero attached hydrogens (tertiary/aromatic N) is 1. The Kier molecular flexibility index (Phi) is 11.3. The normalized spacial score (nSPS) is 18.3. The second-order valence-corrected chi connectivity index (χ2v) is 10.5. The molecule has 220 valence electrons. The van der Waals surface area contributed by atoms with E-state index in [0.717, 1.165) is 28.8 Å². The van der Waals surface area contributed by atoms with E-state index in [1.54, 1.807) is 4.90 Å². The summed E-state index contributed by atoms with van der Waals surface area (Å²) in [7, 11) is 0. The Hall–Kier alpha value is -4.38. The van der Waals surface area contributed by atoms with Crippen LogP contribution in [0, 0.1) is 5.92 Å². The summed E-state index contributed by atoms with van der Waals surface area (Å²) in [4.78, 5) is 50.9. The zero-order valence-corrected chi connectivity index (χ0v) is 23.7. The number of hydrogen-bond acceptors (Lipinski definition) is 7. The Balaban J connectivity index is 0.000000389. The minimum Gasteiger partial charge on any atom is -0.399 e. The molecule has 0 fully saturated rings. The van der Waals surface area contributed by atoms with Gasteiger partial charge in [0.25, 0.3) is 0 Å². The highest BCUT2D eigenvalue weighted by molar-refractivity contribution is 6.07. The smallest absolute Gasteiger partial charge is 0.250 e. The van der Waals surface area contributed by atoms with Gasteiger partial charge in [-0.1, -0.05) is 68.8 Å². The van der Waals surface area contributed by atoms with Gasteiger partial charge >= 0.3 is 0 Å². The molecule has 0 saturated carbocycles. The van der Waals surface area contributed by atoms with E-state index >= 15 is 0 Å². The van der Waals surface area contributed by atoms with Crippen molar-refractivity contribution in [2.24, 2.45) is 23.2 Å². The van der Waals surface area contributed by atoms with E-state index in [1.807, 2.05) is 62.4 Å². The van der Waals surface area contributed by atoms with Gasteiger partial charge in [-0.3, -0.25) is 29.9 Å². The predicted octanol–water partition coefficient (Wildman–Crippen LogP) is 0.906. The number of carbonyl (C=O) groups excluding carboxylic acids is 4. The second kappa shape index (κ2) is 14.8. The first-order valence-electron chi connectivity index (χ1n) is 13.9. The third kappa shape index (κ3) is 8.55. The minimum atomic E-state index is -0.686. The highest BCUT2D eigenvalue weighted by Crippen LogP contribution is 2.39. The number of primary amides is 1. The molecule has 9 N–H and O–H groups in total. The van der Waals surface area contributed by atoms with E-state index < -0.39 is 12.1 Å². The molecule has 0 bridgehead atoms. The Morgan fingerprint density at radius 3 is 2.44 bits per heavy atom. The molecule has 2 aliphatic rings. The third-order valence-corrected chi connectivity index (χ3v) is 7.23. The number of aryl methyl sites for hydroxylation is 1. The summed E-state index contributed by atoms with van der Waals surface area (Å²) in [5.41, 5.74) is 17.2. The van der Waals surface area contributed by atoms with Crippen molar-refractivity contribution in [3.05, 3.63) is 77.1 Å². The average molecular weight is 564 g/mol. The Labute approximate surface area is 240 Å². The van der Waals surface area contributed by atoms with Crippen LogP contribution in [0.2, 0.25) is 0 Å². The topological polar surface area (TPSA) is 186 Å². The highest BCUT2D eigenvalue weighted by Gasteiger charge is 2.43. The van der Waals surface area contributed by atoms with E-state index in [4.69, 9.17) is 17.3 Å². The number of nitrogens with one attached hydrogen (secondary N) is 3. The predicted molar refractivity (Wildman–Crippen MR) is 158 cm³/mol. The van der Waals surface area contributed by atoms with Crippen molar-refractivity contribution in [3.63, 3.8) is 0 Å². The van der Waals surface area contributed by atoms with Crippen LogP contribution in [0.1, 0.15) is 49.8 Å². The maximum absolute atomic E-state index is 13.5. The monoisotopic (exact) mass is 563 g/mol. The van der Waals surface area contributed by atoms with Crippen molar-refractivity contribution in [3.8, 4) is 0 Å². The lowest BCUT2D eigenvalue weighted by Gasteiger charge is -2.28. The molecule has 11 nitrogen and oxygen atoms in total. The van der Waals surface area contributed by atoms with Gasteiger partial charge in [0.1, 0.15) is 12.1 Å². The van der Waals surface area contributed by atoms with E-state index in [-0.39, 0.29) is 36.1 Å². The van der Waals surface area contributed by atoms with Gasteiger partial charge in [-0.05, 0) is 35.4 Å². The molecule has 2 aromatic carbocycles. The SMILES string of the molecule is CCC(C)CC(=O)NC1CCc2cccc3c2N(C1=O)C(C(=O)NC/C(N)=C/NN)C3.NC(=O)Cc1ccccc1. The van der Waals surface area contributed by atoms with Crippen molar-refractivity contribution < 1.29 is 19.2 Å². The van der Waals surface area contributed by atoms with Crippen molar-refractivity contribution in [1.82, 2.24) is 16.1 Å². The summed E-state index contributed by atoms with van der Waals surface area (Å²) in [5.74, 6) is 4.50. The summed E-state index contributed by atoms with van der Waals surface area (Å²) in [6, 6.07) is 14.0. The summed E-state index contributed by atoms with van der Waals surface area (Å²) < 4.78 is 0. The van der Waals surface area contributed by atoms with Gasteiger partial charge in [-0.15, -0.1) is 0 Å². The fraction of sp³-hybridized carbons (Fsp3) is 0.400. The van der Waals surface area contributed by atoms with E-state index in [0.29, 0.717) is 37.8 Å². The molecular formula is C30H41N7O4. The molecule has 0 saturated heterocycles. The first-order chi connectivity index (χ1) is 19.6. The fourth-order valence-corrected chi connectivity index (χ4v) is 4.95. The Morgan fingerprint density at radius 1 is 1.07 bits per heavy atom. The zero-order valence-electron chi connectivity index (χ0n) is 23.7. The van der Waals surface area contributed by atoms with Crippen LogP contribution in [0.4, 0.5) is 5.69 Å². The number of nitrogens with two attached hydrogens (primary N) is 3. The van der Waals surface area contributed by atoms with Crippen LogP contribution in [0.25, 0.3) is 0 Å². The number of para-hydroxylation sites is 1. The average Bonchev–Trinajstić information content (AvgIpc) is 3.28. The van der Waals surface area contributed by atoms with E-state index in [1.165, 1.54) is 6.20 Å². The van der Waals surface area contributed by atoms with Crippen LogP contribution in [0.15, 0.2) is 60.4 Å². The molecule has 0 aromatic heterocycles. The van der Waals surface area contributed by atoms with Gasteiger partial charge in [0.15, 0.2) is 0 Å². The van der Waals surface area contributed by atoms with Crippen LogP contribution >= 0.6 is 0 Å². The van der Waals surface area contributed by atoms with Gasteiger partial charge < -0.3 is 27.5 Å². The van der Waals surface area contributed by atoms with Crippen LogP contribution in [-0.4, -0.2) is 42.3 Å². The molecule has 3 atom stereocenters. The molecule has 2 aliphatic heterocycles. The molecule has 41 heavy (non-hydrogen) atoms. The summed E-state index contributed by atoms with van der Waals surface area (Å²) in [6.07, 6.45) is 4.58. The fourth-order valence-electron chi connectivity index (χ4n) is 4.95. The van der Waals surface area contributed by atoms with Crippen LogP contribution < -0.4 is 38.3 Å². The van der Waals surface area contributed by atoms with E-state index in [9.17, 15) is 19.2 Å². The number of anilines is 1. The maximum Gasteiger partial charge on any atom is 0.250 e. The quantitative estimate of drug-likeness (QED) is 0.183. The van der Waals surface area contributed by atoms with Crippen molar-refractivity contribution in [2.75, 3.05) is 11.4 Å². The van der Waals surface area contributed by atoms with Crippen molar-refractivity contribution in [1.29, 1.82) is 0 Å². The molecule has 2 heterocycles. The van der Waals surface area contributed by atoms with Crippen molar-refractivity contribution >= 4 is 29.3 Å².